The Balaban J connectivity index is 2.32. The van der Waals surface area contributed by atoms with Crippen molar-refractivity contribution in [2.45, 2.75) is 26.7 Å². The van der Waals surface area contributed by atoms with Crippen LogP contribution in [0, 0.1) is 12.7 Å². The van der Waals surface area contributed by atoms with Gasteiger partial charge in [0.1, 0.15) is 11.6 Å². The molecule has 0 aliphatic carbocycles. The van der Waals surface area contributed by atoms with Crippen molar-refractivity contribution in [1.82, 2.24) is 9.97 Å². The Kier molecular flexibility index (Phi) is 4.16. The highest BCUT2D eigenvalue weighted by Crippen LogP contribution is 2.19. The molecule has 0 saturated carbocycles. The van der Waals surface area contributed by atoms with Gasteiger partial charge in [-0.2, -0.15) is 0 Å². The topological polar surface area (TPSA) is 80.9 Å². The van der Waals surface area contributed by atoms with Crippen LogP contribution in [0.3, 0.4) is 0 Å². The van der Waals surface area contributed by atoms with Crippen LogP contribution >= 0.6 is 0 Å². The molecular weight excluding hydrogens is 271 g/mol. The van der Waals surface area contributed by atoms with Gasteiger partial charge in [0.15, 0.2) is 5.69 Å². The number of nitrogen functional groups attached to an aromatic ring is 1. The second-order valence-corrected chi connectivity index (χ2v) is 5.10. The highest BCUT2D eigenvalue weighted by Gasteiger charge is 2.16. The van der Waals surface area contributed by atoms with Crippen molar-refractivity contribution in [2.75, 3.05) is 11.1 Å². The highest BCUT2D eigenvalue weighted by atomic mass is 19.1. The first kappa shape index (κ1) is 14.9. The van der Waals surface area contributed by atoms with Crippen molar-refractivity contribution in [3.8, 4) is 0 Å². The van der Waals surface area contributed by atoms with Crippen LogP contribution in [-0.4, -0.2) is 15.9 Å². The molecule has 0 spiro atoms. The normalized spacial score (nSPS) is 10.7. The average molecular weight is 288 g/mol. The lowest BCUT2D eigenvalue weighted by atomic mass is 10.2. The van der Waals surface area contributed by atoms with Gasteiger partial charge in [0.05, 0.1) is 11.9 Å². The molecule has 0 atom stereocenters. The maximum Gasteiger partial charge on any atom is 0.276 e. The number of anilines is 2. The molecule has 0 bridgehead atoms. The molecular formula is C15H17FN4O. The molecule has 0 radical (unpaired) electrons. The molecule has 0 unspecified atom stereocenters. The third kappa shape index (κ3) is 3.34. The highest BCUT2D eigenvalue weighted by molar-refractivity contribution is 6.06. The van der Waals surface area contributed by atoms with E-state index in [4.69, 9.17) is 5.73 Å². The van der Waals surface area contributed by atoms with Gasteiger partial charge >= 0.3 is 0 Å². The van der Waals surface area contributed by atoms with E-state index in [1.54, 1.807) is 13.0 Å². The monoisotopic (exact) mass is 288 g/mol. The second kappa shape index (κ2) is 5.87. The van der Waals surface area contributed by atoms with Gasteiger partial charge in [-0.1, -0.05) is 19.9 Å². The summed E-state index contributed by atoms with van der Waals surface area (Å²) in [6.07, 6.45) is 1.41. The third-order valence-electron chi connectivity index (χ3n) is 3.01. The van der Waals surface area contributed by atoms with Gasteiger partial charge in [-0.05, 0) is 24.6 Å². The molecule has 6 heteroatoms. The number of hydrogen-bond donors (Lipinski definition) is 2. The van der Waals surface area contributed by atoms with Crippen LogP contribution in [0.25, 0.3) is 0 Å². The summed E-state index contributed by atoms with van der Waals surface area (Å²) in [6.45, 7) is 5.62. The van der Waals surface area contributed by atoms with Crippen LogP contribution in [-0.2, 0) is 0 Å². The molecule has 0 saturated heterocycles. The molecule has 0 fully saturated rings. The fourth-order valence-corrected chi connectivity index (χ4v) is 1.78. The number of benzene rings is 1. The number of nitrogens with two attached hydrogens (primary N) is 1. The van der Waals surface area contributed by atoms with Crippen molar-refractivity contribution in [2.24, 2.45) is 0 Å². The Hall–Kier alpha value is -2.50. The molecule has 1 heterocycles. The van der Waals surface area contributed by atoms with Gasteiger partial charge in [0.2, 0.25) is 0 Å². The van der Waals surface area contributed by atoms with Gasteiger partial charge in [-0.3, -0.25) is 4.79 Å². The minimum Gasteiger partial charge on any atom is -0.396 e. The molecule has 1 aromatic heterocycles. The van der Waals surface area contributed by atoms with Gasteiger partial charge in [0, 0.05) is 11.6 Å². The van der Waals surface area contributed by atoms with E-state index in [-0.39, 0.29) is 17.3 Å². The largest absolute Gasteiger partial charge is 0.396 e. The van der Waals surface area contributed by atoms with Crippen molar-refractivity contribution in [1.29, 1.82) is 0 Å². The van der Waals surface area contributed by atoms with E-state index < -0.39 is 11.7 Å². The first-order valence-electron chi connectivity index (χ1n) is 6.58. The second-order valence-electron chi connectivity index (χ2n) is 5.10. The Bertz CT molecular complexity index is 685. The Morgan fingerprint density at radius 3 is 2.76 bits per heavy atom. The zero-order chi connectivity index (χ0) is 15.6. The SMILES string of the molecule is Cc1ccc(F)cc1NC(=O)c1nc(C(C)C)ncc1N. The fourth-order valence-electron chi connectivity index (χ4n) is 1.78. The molecule has 110 valence electrons. The van der Waals surface area contributed by atoms with Gasteiger partial charge in [-0.15, -0.1) is 0 Å². The van der Waals surface area contributed by atoms with Crippen molar-refractivity contribution in [3.63, 3.8) is 0 Å². The molecule has 2 aromatic rings. The molecule has 1 amide bonds. The first-order valence-corrected chi connectivity index (χ1v) is 6.58. The number of hydrogen-bond acceptors (Lipinski definition) is 4. The summed E-state index contributed by atoms with van der Waals surface area (Å²) in [5, 5.41) is 2.63. The molecule has 0 aliphatic heterocycles. The number of rotatable bonds is 3. The van der Waals surface area contributed by atoms with Gasteiger partial charge in [0.25, 0.3) is 5.91 Å². The lowest BCUT2D eigenvalue weighted by Crippen LogP contribution is -2.18. The lowest BCUT2D eigenvalue weighted by Gasteiger charge is -2.11. The maximum absolute atomic E-state index is 13.2. The average Bonchev–Trinajstić information content (AvgIpc) is 2.43. The van der Waals surface area contributed by atoms with Gasteiger partial charge in [-0.25, -0.2) is 14.4 Å². The lowest BCUT2D eigenvalue weighted by molar-refractivity contribution is 0.102. The molecule has 1 aromatic carbocycles. The Morgan fingerprint density at radius 2 is 2.10 bits per heavy atom. The summed E-state index contributed by atoms with van der Waals surface area (Å²) in [5.74, 6) is -0.293. The van der Waals surface area contributed by atoms with E-state index in [9.17, 15) is 9.18 Å². The van der Waals surface area contributed by atoms with Gasteiger partial charge < -0.3 is 11.1 Å². The standard InChI is InChI=1S/C15H17FN4O/c1-8(2)14-18-7-11(17)13(20-14)15(21)19-12-6-10(16)5-4-9(12)3/h4-8H,17H2,1-3H3,(H,19,21). The van der Waals surface area contributed by atoms with Crippen LogP contribution in [0.1, 0.15) is 41.6 Å². The van der Waals surface area contributed by atoms with Crippen LogP contribution in [0.4, 0.5) is 15.8 Å². The van der Waals surface area contributed by atoms with E-state index in [0.717, 1.165) is 5.56 Å². The fraction of sp³-hybridized carbons (Fsp3) is 0.267. The first-order chi connectivity index (χ1) is 9.88. The number of carbonyl (C=O) groups is 1. The van der Waals surface area contributed by atoms with Crippen molar-refractivity contribution < 1.29 is 9.18 Å². The van der Waals surface area contributed by atoms with E-state index >= 15 is 0 Å². The quantitative estimate of drug-likeness (QED) is 0.910. The van der Waals surface area contributed by atoms with Crippen LogP contribution in [0.5, 0.6) is 0 Å². The molecule has 2 rings (SSSR count). The zero-order valence-electron chi connectivity index (χ0n) is 12.1. The van der Waals surface area contributed by atoms with Crippen molar-refractivity contribution >= 4 is 17.3 Å². The Morgan fingerprint density at radius 1 is 1.38 bits per heavy atom. The van der Waals surface area contributed by atoms with E-state index in [2.05, 4.69) is 15.3 Å². The number of nitrogens with one attached hydrogen (secondary N) is 1. The number of amides is 1. The number of carbonyl (C=O) groups excluding carboxylic acids is 1. The predicted molar refractivity (Wildman–Crippen MR) is 79.6 cm³/mol. The summed E-state index contributed by atoms with van der Waals surface area (Å²) < 4.78 is 13.2. The minimum absolute atomic E-state index is 0.0769. The van der Waals surface area contributed by atoms with Crippen LogP contribution in [0.15, 0.2) is 24.4 Å². The van der Waals surface area contributed by atoms with Crippen molar-refractivity contribution in [3.05, 3.63) is 47.3 Å². The summed E-state index contributed by atoms with van der Waals surface area (Å²) in [7, 11) is 0. The number of aromatic nitrogens is 2. The number of nitrogens with zero attached hydrogens (tertiary/aromatic N) is 2. The smallest absolute Gasteiger partial charge is 0.276 e. The molecule has 3 N–H and O–H groups in total. The maximum atomic E-state index is 13.2. The van der Waals surface area contributed by atoms with E-state index in [0.29, 0.717) is 11.5 Å². The summed E-state index contributed by atoms with van der Waals surface area (Å²) >= 11 is 0. The summed E-state index contributed by atoms with van der Waals surface area (Å²) in [6, 6.07) is 4.18. The summed E-state index contributed by atoms with van der Waals surface area (Å²) in [4.78, 5) is 20.5. The summed E-state index contributed by atoms with van der Waals surface area (Å²) in [5.41, 5.74) is 7.18. The molecule has 21 heavy (non-hydrogen) atoms. The molecule has 0 aliphatic rings. The van der Waals surface area contributed by atoms with E-state index in [1.165, 1.54) is 18.3 Å². The van der Waals surface area contributed by atoms with Crippen LogP contribution in [0.2, 0.25) is 0 Å². The number of halogens is 1. The third-order valence-corrected chi connectivity index (χ3v) is 3.01. The van der Waals surface area contributed by atoms with Crippen LogP contribution < -0.4 is 11.1 Å². The number of aryl methyl sites for hydroxylation is 1. The minimum atomic E-state index is -0.481. The zero-order valence-corrected chi connectivity index (χ0v) is 12.1. The Labute approximate surface area is 122 Å². The predicted octanol–water partition coefficient (Wildman–Crippen LogP) is 2.88. The molecule has 5 nitrogen and oxygen atoms in total. The van der Waals surface area contributed by atoms with E-state index in [1.807, 2.05) is 13.8 Å².